The molecular weight excluding hydrogens is 422 g/mol. The van der Waals surface area contributed by atoms with Crippen LogP contribution in [-0.4, -0.2) is 16.1 Å². The van der Waals surface area contributed by atoms with E-state index in [1.54, 1.807) is 6.07 Å². The Morgan fingerprint density at radius 3 is 2.50 bits per heavy atom. The molecule has 1 atom stereocenters. The van der Waals surface area contributed by atoms with E-state index in [1.165, 1.54) is 17.1 Å². The number of hydrogen-bond donors (Lipinski definition) is 2. The van der Waals surface area contributed by atoms with Gasteiger partial charge in [-0.3, -0.25) is 9.17 Å². The molecule has 4 aromatic rings. The van der Waals surface area contributed by atoms with Gasteiger partial charge in [0.05, 0.1) is 4.88 Å². The number of aromatic amines is 1. The molecule has 0 radical (unpaired) electrons. The predicted octanol–water partition coefficient (Wildman–Crippen LogP) is 5.50. The van der Waals surface area contributed by atoms with E-state index in [-0.39, 0.29) is 18.3 Å². The van der Waals surface area contributed by atoms with Gasteiger partial charge in [-0.1, -0.05) is 35.8 Å². The highest BCUT2D eigenvalue weighted by Crippen LogP contribution is 2.41. The Kier molecular flexibility index (Phi) is 5.79. The van der Waals surface area contributed by atoms with Gasteiger partial charge in [-0.25, -0.2) is 0 Å². The molecule has 0 fully saturated rings. The molecule has 3 aromatic carbocycles. The van der Waals surface area contributed by atoms with Crippen molar-refractivity contribution in [1.82, 2.24) is 4.37 Å². The Morgan fingerprint density at radius 2 is 1.78 bits per heavy atom. The van der Waals surface area contributed by atoms with Crippen molar-refractivity contribution >= 4 is 11.5 Å². The van der Waals surface area contributed by atoms with E-state index < -0.39 is 0 Å². The number of aromatic nitrogens is 1. The van der Waals surface area contributed by atoms with Crippen molar-refractivity contribution in [3.05, 3.63) is 99.8 Å². The van der Waals surface area contributed by atoms with Crippen LogP contribution in [0.25, 0.3) is 10.4 Å². The summed E-state index contributed by atoms with van der Waals surface area (Å²) in [5.41, 5.74) is 4.35. The lowest BCUT2D eigenvalue weighted by Gasteiger charge is -2.16. The van der Waals surface area contributed by atoms with Crippen LogP contribution in [0.1, 0.15) is 29.2 Å². The van der Waals surface area contributed by atoms with Crippen LogP contribution in [0.2, 0.25) is 0 Å². The van der Waals surface area contributed by atoms with E-state index in [0.717, 1.165) is 51.7 Å². The molecule has 6 heteroatoms. The SMILES string of the molecule is O=c1cc(-c2ccc(O[C@@H]3CCc4c(Oc5ccc(CCO)cc5)cccc43)cc2)s[nH]1. The smallest absolute Gasteiger partial charge is 0.258 e. The topological polar surface area (TPSA) is 71.6 Å². The number of aliphatic hydroxyl groups is 1. The van der Waals surface area contributed by atoms with Crippen molar-refractivity contribution in [3.8, 4) is 27.7 Å². The Balaban J connectivity index is 1.30. The standard InChI is InChI=1S/C26H23NO4S/c28-15-14-17-4-8-19(9-5-17)30-23-3-1-2-21-22(23)12-13-24(21)31-20-10-6-18(7-11-20)25-16-26(29)27-32-25/h1-11,16,24,28H,12-15H2,(H,27,29)/t24-/m1/s1. The third-order valence-electron chi connectivity index (χ3n) is 5.67. The lowest BCUT2D eigenvalue weighted by atomic mass is 10.1. The Morgan fingerprint density at radius 1 is 1.00 bits per heavy atom. The van der Waals surface area contributed by atoms with Gasteiger partial charge >= 0.3 is 0 Å². The number of hydrogen-bond acceptors (Lipinski definition) is 5. The molecule has 5 rings (SSSR count). The van der Waals surface area contributed by atoms with Crippen LogP contribution in [-0.2, 0) is 12.8 Å². The zero-order valence-electron chi connectivity index (χ0n) is 17.4. The van der Waals surface area contributed by atoms with E-state index in [0.29, 0.717) is 6.42 Å². The molecule has 0 saturated carbocycles. The molecule has 2 N–H and O–H groups in total. The fraction of sp³-hybridized carbons (Fsp3) is 0.192. The normalized spacial score (nSPS) is 14.8. The molecule has 0 saturated heterocycles. The molecule has 0 aliphatic heterocycles. The summed E-state index contributed by atoms with van der Waals surface area (Å²) in [6, 6.07) is 23.4. The minimum atomic E-state index is -0.0768. The van der Waals surface area contributed by atoms with Crippen molar-refractivity contribution in [2.24, 2.45) is 0 Å². The zero-order valence-corrected chi connectivity index (χ0v) is 18.2. The van der Waals surface area contributed by atoms with Crippen molar-refractivity contribution in [1.29, 1.82) is 0 Å². The highest BCUT2D eigenvalue weighted by Gasteiger charge is 2.27. The van der Waals surface area contributed by atoms with Crippen LogP contribution in [0.3, 0.4) is 0 Å². The van der Waals surface area contributed by atoms with Gasteiger partial charge in [0.15, 0.2) is 0 Å². The van der Waals surface area contributed by atoms with Gasteiger partial charge in [0.25, 0.3) is 5.56 Å². The van der Waals surface area contributed by atoms with E-state index >= 15 is 0 Å². The largest absolute Gasteiger partial charge is 0.486 e. The first-order chi connectivity index (χ1) is 15.7. The second-order valence-electron chi connectivity index (χ2n) is 7.79. The van der Waals surface area contributed by atoms with Gasteiger partial charge in [-0.05, 0) is 78.4 Å². The van der Waals surface area contributed by atoms with Crippen LogP contribution in [0.4, 0.5) is 0 Å². The van der Waals surface area contributed by atoms with Gasteiger partial charge in [0, 0.05) is 18.2 Å². The predicted molar refractivity (Wildman–Crippen MR) is 126 cm³/mol. The highest BCUT2D eigenvalue weighted by atomic mass is 32.1. The van der Waals surface area contributed by atoms with E-state index in [1.807, 2.05) is 60.7 Å². The lowest BCUT2D eigenvalue weighted by molar-refractivity contribution is 0.207. The number of nitrogens with one attached hydrogen (secondary N) is 1. The number of H-pyrrole nitrogens is 1. The quantitative estimate of drug-likeness (QED) is 0.394. The van der Waals surface area contributed by atoms with Gasteiger partial charge in [0.2, 0.25) is 0 Å². The summed E-state index contributed by atoms with van der Waals surface area (Å²) in [7, 11) is 0. The minimum Gasteiger partial charge on any atom is -0.486 e. The zero-order chi connectivity index (χ0) is 21.9. The average molecular weight is 446 g/mol. The second-order valence-corrected chi connectivity index (χ2v) is 8.64. The minimum absolute atomic E-state index is 0.0188. The first-order valence-corrected chi connectivity index (χ1v) is 11.5. The second kappa shape index (κ2) is 9.02. The van der Waals surface area contributed by atoms with Crippen molar-refractivity contribution < 1.29 is 14.6 Å². The first-order valence-electron chi connectivity index (χ1n) is 10.6. The highest BCUT2D eigenvalue weighted by molar-refractivity contribution is 7.09. The number of ether oxygens (including phenoxy) is 2. The molecule has 1 aliphatic rings. The van der Waals surface area contributed by atoms with E-state index in [9.17, 15) is 4.79 Å². The molecule has 0 spiro atoms. The Bertz CT molecular complexity index is 1260. The van der Waals surface area contributed by atoms with Crippen LogP contribution < -0.4 is 15.0 Å². The Hall–Kier alpha value is -3.35. The average Bonchev–Trinajstić information content (AvgIpc) is 3.43. The monoisotopic (exact) mass is 445 g/mol. The van der Waals surface area contributed by atoms with E-state index in [4.69, 9.17) is 14.6 Å². The maximum atomic E-state index is 11.4. The molecule has 0 bridgehead atoms. The molecular formula is C26H23NO4S. The van der Waals surface area contributed by atoms with Crippen LogP contribution in [0, 0.1) is 0 Å². The van der Waals surface area contributed by atoms with Crippen molar-refractivity contribution in [2.45, 2.75) is 25.4 Å². The molecule has 0 unspecified atom stereocenters. The van der Waals surface area contributed by atoms with Gasteiger partial charge in [-0.2, -0.15) is 0 Å². The summed E-state index contributed by atoms with van der Waals surface area (Å²) in [5, 5.41) is 9.07. The van der Waals surface area contributed by atoms with E-state index in [2.05, 4.69) is 10.4 Å². The molecule has 5 nitrogen and oxygen atoms in total. The molecule has 32 heavy (non-hydrogen) atoms. The fourth-order valence-electron chi connectivity index (χ4n) is 4.07. The fourth-order valence-corrected chi connectivity index (χ4v) is 4.76. The summed E-state index contributed by atoms with van der Waals surface area (Å²) in [6.45, 7) is 0.143. The van der Waals surface area contributed by atoms with Crippen LogP contribution in [0.5, 0.6) is 17.2 Å². The number of fused-ring (bicyclic) bond motifs is 1. The maximum Gasteiger partial charge on any atom is 0.258 e. The van der Waals surface area contributed by atoms with Gasteiger partial charge in [-0.15, -0.1) is 0 Å². The number of benzene rings is 3. The summed E-state index contributed by atoms with van der Waals surface area (Å²) in [4.78, 5) is 12.3. The molecule has 1 heterocycles. The number of aliphatic hydroxyl groups excluding tert-OH is 1. The van der Waals surface area contributed by atoms with Crippen LogP contribution >= 0.6 is 11.5 Å². The molecule has 1 aliphatic carbocycles. The summed E-state index contributed by atoms with van der Waals surface area (Å²) >= 11 is 1.33. The van der Waals surface area contributed by atoms with Crippen molar-refractivity contribution in [3.63, 3.8) is 0 Å². The lowest BCUT2D eigenvalue weighted by Crippen LogP contribution is -2.03. The molecule has 162 valence electrons. The summed E-state index contributed by atoms with van der Waals surface area (Å²) < 4.78 is 15.2. The molecule has 1 aromatic heterocycles. The van der Waals surface area contributed by atoms with Crippen molar-refractivity contribution in [2.75, 3.05) is 6.61 Å². The number of rotatable bonds is 7. The molecule has 0 amide bonds. The van der Waals surface area contributed by atoms with Crippen LogP contribution in [0.15, 0.2) is 77.6 Å². The third kappa shape index (κ3) is 4.33. The summed E-state index contributed by atoms with van der Waals surface area (Å²) in [6.07, 6.45) is 2.42. The van der Waals surface area contributed by atoms with Gasteiger partial charge in [0.1, 0.15) is 23.4 Å². The summed E-state index contributed by atoms with van der Waals surface area (Å²) in [5.74, 6) is 2.45. The Labute approximate surface area is 190 Å². The van der Waals surface area contributed by atoms with Gasteiger partial charge < -0.3 is 14.6 Å². The maximum absolute atomic E-state index is 11.4. The third-order valence-corrected chi connectivity index (χ3v) is 6.54. The first kappa shape index (κ1) is 20.5.